The number of aryl methyl sites for hydroxylation is 1. The fourth-order valence-electron chi connectivity index (χ4n) is 3.66. The highest BCUT2D eigenvalue weighted by Gasteiger charge is 2.29. The molecular formula is C19H19N3O. The lowest BCUT2D eigenvalue weighted by Gasteiger charge is -2.18. The Hall–Kier alpha value is -2.75. The van der Waals surface area contributed by atoms with Gasteiger partial charge in [-0.1, -0.05) is 18.2 Å². The van der Waals surface area contributed by atoms with Crippen LogP contribution in [0.25, 0.3) is 10.9 Å². The van der Waals surface area contributed by atoms with E-state index >= 15 is 0 Å². The molecule has 0 aliphatic heterocycles. The van der Waals surface area contributed by atoms with Gasteiger partial charge in [-0.2, -0.15) is 0 Å². The number of nitrogens with zero attached hydrogens (tertiary/aromatic N) is 1. The quantitative estimate of drug-likeness (QED) is 0.711. The molecule has 1 aliphatic rings. The Morgan fingerprint density at radius 1 is 1.13 bits per heavy atom. The number of anilines is 2. The molecule has 4 heteroatoms. The predicted octanol–water partition coefficient (Wildman–Crippen LogP) is 3.49. The fraction of sp³-hybridized carbons (Fsp3) is 0.211. The Labute approximate surface area is 135 Å². The van der Waals surface area contributed by atoms with Gasteiger partial charge >= 0.3 is 0 Å². The summed E-state index contributed by atoms with van der Waals surface area (Å²) in [4.78, 5) is 4.57. The van der Waals surface area contributed by atoms with Crippen LogP contribution in [0.3, 0.4) is 0 Å². The lowest BCUT2D eigenvalue weighted by molar-refractivity contribution is 0.408. The van der Waals surface area contributed by atoms with Gasteiger partial charge in [-0.15, -0.1) is 0 Å². The van der Waals surface area contributed by atoms with E-state index in [9.17, 15) is 0 Å². The molecule has 1 atom stereocenters. The average molecular weight is 305 g/mol. The largest absolute Gasteiger partial charge is 0.496 e. The SMILES string of the molecule is COc1cccc2c1C(c1cc3c(N)cccc3nc1N)CC2. The predicted molar refractivity (Wildman–Crippen MR) is 93.7 cm³/mol. The third kappa shape index (κ3) is 2.10. The Morgan fingerprint density at radius 3 is 2.78 bits per heavy atom. The van der Waals surface area contributed by atoms with Crippen LogP contribution in [0, 0.1) is 0 Å². The van der Waals surface area contributed by atoms with E-state index in [1.54, 1.807) is 7.11 Å². The highest BCUT2D eigenvalue weighted by Crippen LogP contribution is 2.45. The lowest BCUT2D eigenvalue weighted by atomic mass is 9.91. The zero-order valence-electron chi connectivity index (χ0n) is 13.0. The van der Waals surface area contributed by atoms with E-state index in [0.717, 1.165) is 40.7 Å². The molecule has 0 radical (unpaired) electrons. The number of aromatic nitrogens is 1. The summed E-state index contributed by atoms with van der Waals surface area (Å²) < 4.78 is 5.57. The number of hydrogen-bond acceptors (Lipinski definition) is 4. The van der Waals surface area contributed by atoms with Gasteiger partial charge in [0.2, 0.25) is 0 Å². The van der Waals surface area contributed by atoms with Crippen LogP contribution in [0.4, 0.5) is 11.5 Å². The second kappa shape index (κ2) is 5.16. The first-order valence-electron chi connectivity index (χ1n) is 7.79. The highest BCUT2D eigenvalue weighted by molar-refractivity contribution is 5.92. The number of nitrogen functional groups attached to an aromatic ring is 2. The van der Waals surface area contributed by atoms with Crippen LogP contribution in [-0.2, 0) is 6.42 Å². The maximum atomic E-state index is 6.27. The summed E-state index contributed by atoms with van der Waals surface area (Å²) in [7, 11) is 1.71. The van der Waals surface area contributed by atoms with Gasteiger partial charge in [-0.25, -0.2) is 4.98 Å². The van der Waals surface area contributed by atoms with Crippen LogP contribution in [0.1, 0.15) is 29.0 Å². The maximum Gasteiger partial charge on any atom is 0.127 e. The molecule has 4 nitrogen and oxygen atoms in total. The third-order valence-electron chi connectivity index (χ3n) is 4.76. The van der Waals surface area contributed by atoms with Gasteiger partial charge in [-0.05, 0) is 42.7 Å². The average Bonchev–Trinajstić information content (AvgIpc) is 2.98. The zero-order chi connectivity index (χ0) is 16.0. The van der Waals surface area contributed by atoms with Crippen molar-refractivity contribution in [1.29, 1.82) is 0 Å². The fourth-order valence-corrected chi connectivity index (χ4v) is 3.66. The standard InChI is InChI=1S/C19H19N3O/c1-23-17-7-2-4-11-8-9-12(18(11)17)13-10-14-15(20)5-3-6-16(14)22-19(13)21/h2-7,10,12H,8-9,20H2,1H3,(H2,21,22). The number of ether oxygens (including phenoxy) is 1. The molecule has 0 spiro atoms. The van der Waals surface area contributed by atoms with Crippen LogP contribution < -0.4 is 16.2 Å². The van der Waals surface area contributed by atoms with Gasteiger partial charge in [0, 0.05) is 28.1 Å². The van der Waals surface area contributed by atoms with E-state index in [-0.39, 0.29) is 5.92 Å². The molecule has 116 valence electrons. The van der Waals surface area contributed by atoms with Crippen LogP contribution in [0.5, 0.6) is 5.75 Å². The Balaban J connectivity index is 1.92. The molecule has 4 rings (SSSR count). The van der Waals surface area contributed by atoms with Crippen LogP contribution in [0.15, 0.2) is 42.5 Å². The minimum atomic E-state index is 0.206. The Kier molecular flexibility index (Phi) is 3.11. The topological polar surface area (TPSA) is 74.2 Å². The molecule has 0 saturated carbocycles. The van der Waals surface area contributed by atoms with E-state index in [2.05, 4.69) is 17.1 Å². The number of nitrogens with two attached hydrogens (primary N) is 2. The Morgan fingerprint density at radius 2 is 1.96 bits per heavy atom. The number of rotatable bonds is 2. The van der Waals surface area contributed by atoms with Crippen LogP contribution in [0.2, 0.25) is 0 Å². The van der Waals surface area contributed by atoms with Crippen molar-refractivity contribution in [3.8, 4) is 5.75 Å². The first-order chi connectivity index (χ1) is 11.2. The van der Waals surface area contributed by atoms with Gasteiger partial charge in [0.25, 0.3) is 0 Å². The third-order valence-corrected chi connectivity index (χ3v) is 4.76. The molecule has 23 heavy (non-hydrogen) atoms. The van der Waals surface area contributed by atoms with E-state index in [0.29, 0.717) is 5.82 Å². The molecule has 4 N–H and O–H groups in total. The highest BCUT2D eigenvalue weighted by atomic mass is 16.5. The van der Waals surface area contributed by atoms with E-state index in [1.807, 2.05) is 30.3 Å². The van der Waals surface area contributed by atoms with Gasteiger partial charge in [0.1, 0.15) is 11.6 Å². The van der Waals surface area contributed by atoms with E-state index in [4.69, 9.17) is 16.2 Å². The molecule has 0 amide bonds. The lowest BCUT2D eigenvalue weighted by Crippen LogP contribution is -2.06. The molecule has 1 aromatic heterocycles. The maximum absolute atomic E-state index is 6.27. The number of benzene rings is 2. The summed E-state index contributed by atoms with van der Waals surface area (Å²) in [6.07, 6.45) is 2.04. The monoisotopic (exact) mass is 305 g/mol. The van der Waals surface area contributed by atoms with Crippen molar-refractivity contribution < 1.29 is 4.74 Å². The molecule has 1 unspecified atom stereocenters. The number of methoxy groups -OCH3 is 1. The summed E-state index contributed by atoms with van der Waals surface area (Å²) in [6.45, 7) is 0. The number of fused-ring (bicyclic) bond motifs is 2. The van der Waals surface area contributed by atoms with Gasteiger partial charge in [0.05, 0.1) is 12.6 Å². The van der Waals surface area contributed by atoms with E-state index in [1.165, 1.54) is 11.1 Å². The van der Waals surface area contributed by atoms with Crippen molar-refractivity contribution in [2.75, 3.05) is 18.6 Å². The van der Waals surface area contributed by atoms with Gasteiger partial charge in [-0.3, -0.25) is 0 Å². The van der Waals surface area contributed by atoms with Crippen molar-refractivity contribution in [2.24, 2.45) is 0 Å². The molecule has 1 aliphatic carbocycles. The second-order valence-electron chi connectivity index (χ2n) is 6.00. The Bertz CT molecular complexity index is 905. The summed E-state index contributed by atoms with van der Waals surface area (Å²) in [5, 5.41) is 0.958. The number of pyridine rings is 1. The first-order valence-corrected chi connectivity index (χ1v) is 7.79. The summed E-state index contributed by atoms with van der Waals surface area (Å²) >= 11 is 0. The minimum absolute atomic E-state index is 0.206. The molecule has 0 saturated heterocycles. The second-order valence-corrected chi connectivity index (χ2v) is 6.00. The summed E-state index contributed by atoms with van der Waals surface area (Å²) in [5.74, 6) is 1.70. The number of hydrogen-bond donors (Lipinski definition) is 2. The molecule has 2 aromatic carbocycles. The van der Waals surface area contributed by atoms with Crippen molar-refractivity contribution in [2.45, 2.75) is 18.8 Å². The minimum Gasteiger partial charge on any atom is -0.496 e. The zero-order valence-corrected chi connectivity index (χ0v) is 13.0. The first kappa shape index (κ1) is 13.9. The molecular weight excluding hydrogens is 286 g/mol. The smallest absolute Gasteiger partial charge is 0.127 e. The van der Waals surface area contributed by atoms with Crippen molar-refractivity contribution in [3.63, 3.8) is 0 Å². The van der Waals surface area contributed by atoms with Crippen LogP contribution in [-0.4, -0.2) is 12.1 Å². The summed E-state index contributed by atoms with van der Waals surface area (Å²) in [6, 6.07) is 14.0. The molecule has 3 aromatic rings. The molecule has 1 heterocycles. The van der Waals surface area contributed by atoms with E-state index < -0.39 is 0 Å². The van der Waals surface area contributed by atoms with Gasteiger partial charge in [0.15, 0.2) is 0 Å². The van der Waals surface area contributed by atoms with Crippen molar-refractivity contribution in [1.82, 2.24) is 4.98 Å². The summed E-state index contributed by atoms with van der Waals surface area (Å²) in [5.41, 5.74) is 17.6. The van der Waals surface area contributed by atoms with Crippen LogP contribution >= 0.6 is 0 Å². The molecule has 0 fully saturated rings. The van der Waals surface area contributed by atoms with Crippen molar-refractivity contribution in [3.05, 3.63) is 59.2 Å². The van der Waals surface area contributed by atoms with Gasteiger partial charge < -0.3 is 16.2 Å². The molecule has 0 bridgehead atoms. The normalized spacial score (nSPS) is 16.5. The van der Waals surface area contributed by atoms with Crippen molar-refractivity contribution >= 4 is 22.4 Å².